The van der Waals surface area contributed by atoms with E-state index in [0.717, 1.165) is 29.3 Å². The van der Waals surface area contributed by atoms with E-state index in [9.17, 15) is 4.79 Å². The van der Waals surface area contributed by atoms with Gasteiger partial charge in [-0.1, -0.05) is 17.8 Å². The lowest BCUT2D eigenvalue weighted by Crippen LogP contribution is -2.47. The summed E-state index contributed by atoms with van der Waals surface area (Å²) in [4.78, 5) is 22.0. The molecule has 2 unspecified atom stereocenters. The van der Waals surface area contributed by atoms with Gasteiger partial charge in [-0.25, -0.2) is 14.5 Å². The van der Waals surface area contributed by atoms with Crippen molar-refractivity contribution >= 4 is 45.5 Å². The number of anilines is 1. The molecule has 8 nitrogen and oxygen atoms in total. The number of hydrogen-bond acceptors (Lipinski definition) is 8. The first-order chi connectivity index (χ1) is 13.6. The Morgan fingerprint density at radius 3 is 3.25 bits per heavy atom. The summed E-state index contributed by atoms with van der Waals surface area (Å²) < 4.78 is 7.40. The van der Waals surface area contributed by atoms with Crippen molar-refractivity contribution in [1.29, 1.82) is 0 Å². The predicted molar refractivity (Wildman–Crippen MR) is 110 cm³/mol. The smallest absolute Gasteiger partial charge is 0.277 e. The van der Waals surface area contributed by atoms with Crippen LogP contribution in [-0.2, 0) is 10.3 Å². The fourth-order valence-electron chi connectivity index (χ4n) is 3.61. The summed E-state index contributed by atoms with van der Waals surface area (Å²) in [6.45, 7) is 1.19. The molecule has 0 spiro atoms. The van der Waals surface area contributed by atoms with E-state index >= 15 is 0 Å². The van der Waals surface area contributed by atoms with Crippen LogP contribution in [0.1, 0.15) is 21.9 Å². The second-order valence-electron chi connectivity index (χ2n) is 6.82. The molecular weight excluding hydrogens is 396 g/mol. The van der Waals surface area contributed by atoms with Crippen molar-refractivity contribution in [1.82, 2.24) is 14.6 Å². The zero-order chi connectivity index (χ0) is 19.1. The quantitative estimate of drug-likeness (QED) is 0.681. The molecule has 28 heavy (non-hydrogen) atoms. The lowest BCUT2D eigenvalue weighted by Gasteiger charge is -2.41. The first-order valence-electron chi connectivity index (χ1n) is 8.92. The van der Waals surface area contributed by atoms with E-state index in [1.165, 1.54) is 11.3 Å². The highest BCUT2D eigenvalue weighted by atomic mass is 32.2. The molecule has 0 radical (unpaired) electrons. The molecular formula is C18H18N6O2S2. The van der Waals surface area contributed by atoms with Crippen molar-refractivity contribution in [2.45, 2.75) is 12.0 Å². The Labute approximate surface area is 169 Å². The maximum Gasteiger partial charge on any atom is 0.277 e. The molecule has 5 rings (SSSR count). The zero-order valence-corrected chi connectivity index (χ0v) is 16.5. The molecule has 0 aliphatic carbocycles. The summed E-state index contributed by atoms with van der Waals surface area (Å²) in [6.07, 6.45) is 2.73. The highest BCUT2D eigenvalue weighted by Gasteiger charge is 2.47. The number of hydrogen-bond donors (Lipinski definition) is 2. The molecule has 1 amide bonds. The number of thiazole rings is 1. The van der Waals surface area contributed by atoms with E-state index in [0.29, 0.717) is 29.2 Å². The number of amidine groups is 1. The van der Waals surface area contributed by atoms with Gasteiger partial charge in [-0.15, -0.1) is 11.3 Å². The largest absolute Gasteiger partial charge is 0.379 e. The van der Waals surface area contributed by atoms with Crippen molar-refractivity contribution in [2.24, 2.45) is 16.6 Å². The van der Waals surface area contributed by atoms with Gasteiger partial charge >= 0.3 is 0 Å². The molecule has 3 aromatic heterocycles. The van der Waals surface area contributed by atoms with Gasteiger partial charge in [0.05, 0.1) is 12.1 Å². The van der Waals surface area contributed by atoms with Gasteiger partial charge in [0.2, 0.25) is 0 Å². The van der Waals surface area contributed by atoms with Gasteiger partial charge in [-0.3, -0.25) is 4.79 Å². The molecule has 10 heteroatoms. The van der Waals surface area contributed by atoms with Crippen LogP contribution < -0.4 is 11.1 Å². The molecule has 1 saturated heterocycles. The Morgan fingerprint density at radius 2 is 2.36 bits per heavy atom. The van der Waals surface area contributed by atoms with Gasteiger partial charge < -0.3 is 15.8 Å². The lowest BCUT2D eigenvalue weighted by atomic mass is 9.82. The lowest BCUT2D eigenvalue weighted by molar-refractivity contribution is 0.00448. The first kappa shape index (κ1) is 17.7. The number of aliphatic imine (C=N–C) groups is 1. The number of thioether (sulfide) groups is 1. The number of pyridine rings is 1. The molecule has 1 fully saturated rings. The fourth-order valence-corrected chi connectivity index (χ4v) is 5.62. The summed E-state index contributed by atoms with van der Waals surface area (Å²) in [6, 6.07) is 7.42. The molecule has 2 aliphatic heterocycles. The normalized spacial score (nSPS) is 24.6. The van der Waals surface area contributed by atoms with E-state index in [2.05, 4.69) is 15.4 Å². The molecule has 5 heterocycles. The maximum absolute atomic E-state index is 12.6. The van der Waals surface area contributed by atoms with Crippen LogP contribution in [0, 0.1) is 5.92 Å². The Kier molecular flexibility index (Phi) is 4.33. The molecule has 2 atom stereocenters. The molecule has 0 bridgehead atoms. The predicted octanol–water partition coefficient (Wildman–Crippen LogP) is 2.34. The van der Waals surface area contributed by atoms with Gasteiger partial charge in [0, 0.05) is 29.9 Å². The average Bonchev–Trinajstić information content (AvgIpc) is 3.35. The van der Waals surface area contributed by atoms with Gasteiger partial charge in [0.1, 0.15) is 16.4 Å². The SMILES string of the molecule is NC1=NC2(c3nc(NC(=O)c4cc5ccccn5n4)cs3)COCCC2CS1. The number of carbonyl (C=O) groups excluding carboxylic acids is 1. The van der Waals surface area contributed by atoms with Crippen LogP contribution in [0.3, 0.4) is 0 Å². The van der Waals surface area contributed by atoms with Crippen molar-refractivity contribution in [3.8, 4) is 0 Å². The first-order valence-corrected chi connectivity index (χ1v) is 10.8. The molecule has 144 valence electrons. The van der Waals surface area contributed by atoms with E-state index in [1.54, 1.807) is 28.5 Å². The standard InChI is InChI=1S/C18H18N6O2S2/c19-17-22-18(10-26-6-4-11(18)8-28-17)16-21-14(9-27-16)20-15(25)13-7-12-3-1-2-5-24(12)23-13/h1-3,5,7,9,11H,4,6,8,10H2,(H2,19,22)(H,20,25). The number of nitrogens with one attached hydrogen (secondary N) is 1. The van der Waals surface area contributed by atoms with E-state index in [4.69, 9.17) is 15.5 Å². The third kappa shape index (κ3) is 2.97. The average molecular weight is 415 g/mol. The van der Waals surface area contributed by atoms with Gasteiger partial charge in [0.25, 0.3) is 5.91 Å². The Balaban J connectivity index is 1.41. The molecule has 2 aliphatic rings. The summed E-state index contributed by atoms with van der Waals surface area (Å²) in [7, 11) is 0. The highest BCUT2D eigenvalue weighted by molar-refractivity contribution is 8.13. The number of rotatable bonds is 3. The number of amides is 1. The van der Waals surface area contributed by atoms with E-state index in [-0.39, 0.29) is 5.91 Å². The number of nitrogens with zero attached hydrogens (tertiary/aromatic N) is 4. The van der Waals surface area contributed by atoms with Crippen molar-refractivity contribution < 1.29 is 9.53 Å². The van der Waals surface area contributed by atoms with Crippen LogP contribution in [0.4, 0.5) is 5.82 Å². The summed E-state index contributed by atoms with van der Waals surface area (Å²) in [5.74, 6) is 1.43. The van der Waals surface area contributed by atoms with Crippen LogP contribution in [0.5, 0.6) is 0 Å². The second-order valence-corrected chi connectivity index (χ2v) is 8.71. The Bertz CT molecular complexity index is 1040. The third-order valence-corrected chi connectivity index (χ3v) is 7.03. The van der Waals surface area contributed by atoms with E-state index < -0.39 is 5.54 Å². The van der Waals surface area contributed by atoms with Crippen LogP contribution in [-0.4, -0.2) is 44.6 Å². The van der Waals surface area contributed by atoms with Crippen LogP contribution >= 0.6 is 23.1 Å². The minimum absolute atomic E-state index is 0.295. The second kappa shape index (κ2) is 6.87. The van der Waals surface area contributed by atoms with Gasteiger partial charge in [-0.05, 0) is 24.6 Å². The number of fused-ring (bicyclic) bond motifs is 2. The van der Waals surface area contributed by atoms with Crippen LogP contribution in [0.25, 0.3) is 5.52 Å². The monoisotopic (exact) mass is 414 g/mol. The number of nitrogens with two attached hydrogens (primary N) is 1. The summed E-state index contributed by atoms with van der Waals surface area (Å²) >= 11 is 3.06. The topological polar surface area (TPSA) is 107 Å². The molecule has 3 aromatic rings. The summed E-state index contributed by atoms with van der Waals surface area (Å²) in [5.41, 5.74) is 6.67. The maximum atomic E-state index is 12.6. The van der Waals surface area contributed by atoms with Gasteiger partial charge in [0.15, 0.2) is 10.9 Å². The zero-order valence-electron chi connectivity index (χ0n) is 14.9. The summed E-state index contributed by atoms with van der Waals surface area (Å²) in [5, 5.41) is 10.4. The van der Waals surface area contributed by atoms with Crippen LogP contribution in [0.2, 0.25) is 0 Å². The third-order valence-electron chi connectivity index (χ3n) is 5.07. The minimum atomic E-state index is -0.551. The van der Waals surface area contributed by atoms with Crippen molar-refractivity contribution in [2.75, 3.05) is 24.3 Å². The molecule has 0 aromatic carbocycles. The van der Waals surface area contributed by atoms with Crippen molar-refractivity contribution in [3.05, 3.63) is 46.5 Å². The fraction of sp³-hybridized carbons (Fsp3) is 0.333. The van der Waals surface area contributed by atoms with E-state index in [1.807, 2.05) is 23.6 Å². The minimum Gasteiger partial charge on any atom is -0.379 e. The number of carbonyl (C=O) groups is 1. The highest BCUT2D eigenvalue weighted by Crippen LogP contribution is 2.45. The molecule has 0 saturated carbocycles. The van der Waals surface area contributed by atoms with Gasteiger partial charge in [-0.2, -0.15) is 5.10 Å². The van der Waals surface area contributed by atoms with Crippen molar-refractivity contribution in [3.63, 3.8) is 0 Å². The Morgan fingerprint density at radius 1 is 1.43 bits per heavy atom. The Hall–Kier alpha value is -2.43. The number of aromatic nitrogens is 3. The van der Waals surface area contributed by atoms with Crippen LogP contribution in [0.15, 0.2) is 40.8 Å². The number of ether oxygens (including phenoxy) is 1. The molecule has 3 N–H and O–H groups in total.